The van der Waals surface area contributed by atoms with E-state index in [-0.39, 0.29) is 22.2 Å². The number of nitrogens with zero attached hydrogens (tertiary/aromatic N) is 1. The Bertz CT molecular complexity index is 560. The molecule has 0 amide bonds. The molecule has 0 spiro atoms. The summed E-state index contributed by atoms with van der Waals surface area (Å²) in [5.41, 5.74) is 0.507. The van der Waals surface area contributed by atoms with Crippen molar-refractivity contribution in [3.8, 4) is 11.5 Å². The van der Waals surface area contributed by atoms with Crippen LogP contribution >= 0.6 is 11.6 Å². The van der Waals surface area contributed by atoms with Gasteiger partial charge >= 0.3 is 11.9 Å². The Balaban J connectivity index is 3.41. The lowest BCUT2D eigenvalue weighted by Crippen LogP contribution is -2.05. The summed E-state index contributed by atoms with van der Waals surface area (Å²) >= 11 is 5.97. The van der Waals surface area contributed by atoms with Gasteiger partial charge in [0.05, 0.1) is 11.6 Å². The molecular formula is C12H10ClNO4. The summed E-state index contributed by atoms with van der Waals surface area (Å²) in [5.74, 6) is -1.04. The second kappa shape index (κ2) is 5.52. The summed E-state index contributed by atoms with van der Waals surface area (Å²) in [4.78, 5) is 25.1. The van der Waals surface area contributed by atoms with Gasteiger partial charge in [0.1, 0.15) is 5.75 Å². The van der Waals surface area contributed by atoms with Crippen LogP contribution < -0.4 is 9.47 Å². The maximum atomic E-state index is 10.9. The fourth-order valence-electron chi connectivity index (χ4n) is 1.33. The largest absolute Gasteiger partial charge is 0.438 e. The van der Waals surface area contributed by atoms with Crippen molar-refractivity contribution >= 4 is 29.2 Å². The average Bonchev–Trinajstić information content (AvgIpc) is 2.24. The first-order chi connectivity index (χ1) is 8.36. The number of hydrogen-bond acceptors (Lipinski definition) is 4. The molecule has 0 aliphatic heterocycles. The number of rotatable bonds is 2. The molecule has 0 saturated carbocycles. The molecular weight excluding hydrogens is 258 g/mol. The van der Waals surface area contributed by atoms with Crippen LogP contribution in [-0.4, -0.2) is 11.9 Å². The van der Waals surface area contributed by atoms with Crippen molar-refractivity contribution in [2.75, 3.05) is 0 Å². The molecule has 5 nitrogen and oxygen atoms in total. The summed E-state index contributed by atoms with van der Waals surface area (Å²) in [7, 11) is 0. The van der Waals surface area contributed by atoms with Crippen molar-refractivity contribution in [2.24, 2.45) is 0 Å². The number of carbonyl (C=O) groups is 2. The molecule has 0 aliphatic carbocycles. The Hall–Kier alpha value is -2.06. The van der Waals surface area contributed by atoms with Gasteiger partial charge in [-0.2, -0.15) is 0 Å². The van der Waals surface area contributed by atoms with Gasteiger partial charge in [-0.25, -0.2) is 4.85 Å². The minimum Gasteiger partial charge on any atom is -0.438 e. The van der Waals surface area contributed by atoms with E-state index in [1.807, 2.05) is 0 Å². The molecule has 6 heteroatoms. The molecule has 94 valence electrons. The second-order valence-corrected chi connectivity index (χ2v) is 3.84. The van der Waals surface area contributed by atoms with Gasteiger partial charge in [0.15, 0.2) is 5.75 Å². The van der Waals surface area contributed by atoms with Crippen molar-refractivity contribution in [1.82, 2.24) is 0 Å². The highest BCUT2D eigenvalue weighted by molar-refractivity contribution is 6.33. The van der Waals surface area contributed by atoms with Gasteiger partial charge in [0, 0.05) is 19.9 Å². The molecule has 0 bridgehead atoms. The Morgan fingerprint density at radius 3 is 2.17 bits per heavy atom. The van der Waals surface area contributed by atoms with Crippen LogP contribution in [0.4, 0.5) is 5.69 Å². The van der Waals surface area contributed by atoms with E-state index >= 15 is 0 Å². The maximum absolute atomic E-state index is 10.9. The van der Waals surface area contributed by atoms with Crippen LogP contribution in [0, 0.1) is 13.5 Å². The number of carbonyl (C=O) groups excluding carboxylic acids is 2. The standard InChI is InChI=1S/C12H10ClNO4/c1-6-11(13)9(17-7(2)15)5-10(12(6)14-4)18-8(3)16/h5H,1-3H3. The third-order valence-electron chi connectivity index (χ3n) is 2.02. The van der Waals surface area contributed by atoms with E-state index in [1.54, 1.807) is 6.92 Å². The SMILES string of the molecule is [C-]#[N+]c1c(OC(C)=O)cc(OC(C)=O)c(Cl)c1C. The molecule has 0 heterocycles. The van der Waals surface area contributed by atoms with Gasteiger partial charge in [0.2, 0.25) is 5.69 Å². The average molecular weight is 268 g/mol. The molecule has 0 N–H and O–H groups in total. The third-order valence-corrected chi connectivity index (χ3v) is 2.49. The quantitative estimate of drug-likeness (QED) is 0.469. The Morgan fingerprint density at radius 1 is 1.22 bits per heavy atom. The topological polar surface area (TPSA) is 57.0 Å². The van der Waals surface area contributed by atoms with Crippen molar-refractivity contribution in [2.45, 2.75) is 20.8 Å². The van der Waals surface area contributed by atoms with E-state index in [1.165, 1.54) is 19.9 Å². The minimum atomic E-state index is -0.574. The Kier molecular flexibility index (Phi) is 4.29. The molecule has 0 aliphatic rings. The van der Waals surface area contributed by atoms with Gasteiger partial charge in [-0.15, -0.1) is 0 Å². The molecule has 1 aromatic carbocycles. The van der Waals surface area contributed by atoms with Gasteiger partial charge in [0.25, 0.3) is 0 Å². The fraction of sp³-hybridized carbons (Fsp3) is 0.250. The molecule has 0 saturated heterocycles. The van der Waals surface area contributed by atoms with Crippen LogP contribution in [0.25, 0.3) is 4.85 Å². The highest BCUT2D eigenvalue weighted by atomic mass is 35.5. The maximum Gasteiger partial charge on any atom is 0.308 e. The van der Waals surface area contributed by atoms with Crippen LogP contribution in [0.2, 0.25) is 5.02 Å². The lowest BCUT2D eigenvalue weighted by Gasteiger charge is -2.12. The zero-order chi connectivity index (χ0) is 13.9. The lowest BCUT2D eigenvalue weighted by atomic mass is 10.1. The van der Waals surface area contributed by atoms with Gasteiger partial charge in [-0.3, -0.25) is 9.59 Å². The molecule has 1 aromatic rings. The van der Waals surface area contributed by atoms with Crippen molar-refractivity contribution in [3.05, 3.63) is 28.1 Å². The van der Waals surface area contributed by atoms with Crippen molar-refractivity contribution in [1.29, 1.82) is 0 Å². The van der Waals surface area contributed by atoms with Crippen LogP contribution in [-0.2, 0) is 9.59 Å². The first kappa shape index (κ1) is 14.0. The smallest absolute Gasteiger partial charge is 0.308 e. The summed E-state index contributed by atoms with van der Waals surface area (Å²) in [5, 5.41) is 0.145. The van der Waals surface area contributed by atoms with Gasteiger partial charge in [-0.1, -0.05) is 11.6 Å². The minimum absolute atomic E-state index is 0.0238. The lowest BCUT2D eigenvalue weighted by molar-refractivity contribution is -0.132. The molecule has 18 heavy (non-hydrogen) atoms. The van der Waals surface area contributed by atoms with E-state index in [4.69, 9.17) is 27.6 Å². The zero-order valence-electron chi connectivity index (χ0n) is 10.0. The molecule has 1 rings (SSSR count). The van der Waals surface area contributed by atoms with E-state index in [0.717, 1.165) is 0 Å². The zero-order valence-corrected chi connectivity index (χ0v) is 10.8. The Morgan fingerprint density at radius 2 is 1.72 bits per heavy atom. The number of ether oxygens (including phenoxy) is 2. The van der Waals surface area contributed by atoms with Crippen LogP contribution in [0.15, 0.2) is 6.07 Å². The van der Waals surface area contributed by atoms with E-state index < -0.39 is 11.9 Å². The number of hydrogen-bond donors (Lipinski definition) is 0. The van der Waals surface area contributed by atoms with Gasteiger partial charge in [-0.05, 0) is 12.5 Å². The summed E-state index contributed by atoms with van der Waals surface area (Å²) < 4.78 is 9.77. The number of benzene rings is 1. The fourth-order valence-corrected chi connectivity index (χ4v) is 1.51. The van der Waals surface area contributed by atoms with Crippen molar-refractivity contribution in [3.63, 3.8) is 0 Å². The number of halogens is 1. The monoisotopic (exact) mass is 267 g/mol. The highest BCUT2D eigenvalue weighted by Gasteiger charge is 2.18. The molecule has 0 fully saturated rings. The predicted octanol–water partition coefficient (Wildman–Crippen LogP) is 3.05. The van der Waals surface area contributed by atoms with Crippen molar-refractivity contribution < 1.29 is 19.1 Å². The number of esters is 2. The summed E-state index contributed by atoms with van der Waals surface area (Å²) in [6, 6.07) is 1.26. The summed E-state index contributed by atoms with van der Waals surface area (Å²) in [6.45, 7) is 11.1. The first-order valence-corrected chi connectivity index (χ1v) is 5.32. The Labute approximate surface area is 109 Å². The molecule has 0 unspecified atom stereocenters. The third kappa shape index (κ3) is 2.99. The highest BCUT2D eigenvalue weighted by Crippen LogP contribution is 2.42. The normalized spacial score (nSPS) is 9.50. The van der Waals surface area contributed by atoms with E-state index in [9.17, 15) is 9.59 Å². The van der Waals surface area contributed by atoms with Gasteiger partial charge < -0.3 is 9.47 Å². The summed E-state index contributed by atoms with van der Waals surface area (Å²) in [6.07, 6.45) is 0. The van der Waals surface area contributed by atoms with Crippen LogP contribution in [0.3, 0.4) is 0 Å². The molecule has 0 aromatic heterocycles. The van der Waals surface area contributed by atoms with E-state index in [0.29, 0.717) is 5.56 Å². The predicted molar refractivity (Wildman–Crippen MR) is 65.1 cm³/mol. The first-order valence-electron chi connectivity index (χ1n) is 4.94. The van der Waals surface area contributed by atoms with Crippen LogP contribution in [0.5, 0.6) is 11.5 Å². The molecule has 0 radical (unpaired) electrons. The van der Waals surface area contributed by atoms with E-state index in [2.05, 4.69) is 4.85 Å². The van der Waals surface area contributed by atoms with Crippen LogP contribution in [0.1, 0.15) is 19.4 Å². The molecule has 0 atom stereocenters. The second-order valence-electron chi connectivity index (χ2n) is 3.46.